The van der Waals surface area contributed by atoms with E-state index in [9.17, 15) is 41.0 Å². The van der Waals surface area contributed by atoms with Crippen molar-refractivity contribution in [2.45, 2.75) is 95.8 Å². The molecule has 0 saturated carbocycles. The zero-order valence-corrected chi connectivity index (χ0v) is 30.2. The van der Waals surface area contributed by atoms with Crippen LogP contribution in [0.4, 0.5) is 26.3 Å². The first-order chi connectivity index (χ1) is 24.3. The van der Waals surface area contributed by atoms with Gasteiger partial charge in [-0.1, -0.05) is 37.4 Å². The van der Waals surface area contributed by atoms with Gasteiger partial charge in [-0.2, -0.15) is 26.3 Å². The van der Waals surface area contributed by atoms with Crippen LogP contribution >= 0.6 is 22.9 Å². The fraction of sp³-hybridized carbons (Fsp3) is 0.500. The SMILES string of the molecule is CCCCC1N(C(=O)c2ncccc2C(F)(F)F)CCC[C@@]1(Oc1csc(C(F)(F)F)c1)C(=O)N1CCc2cc(Cl)ccc2C1CC(C)(C)C(=O)O. The largest absolute Gasteiger partial charge is 0.481 e. The van der Waals surface area contributed by atoms with Gasteiger partial charge in [-0.05, 0) is 74.9 Å². The van der Waals surface area contributed by atoms with E-state index in [2.05, 4.69) is 4.98 Å². The summed E-state index contributed by atoms with van der Waals surface area (Å²) in [6.07, 6.45) is -7.43. The van der Waals surface area contributed by atoms with Crippen molar-refractivity contribution in [3.05, 3.63) is 80.3 Å². The molecule has 1 aromatic carbocycles. The second-order valence-electron chi connectivity index (χ2n) is 13.8. The Morgan fingerprint density at radius 3 is 2.42 bits per heavy atom. The van der Waals surface area contributed by atoms with Gasteiger partial charge in [-0.3, -0.25) is 19.4 Å². The number of nitrogens with zero attached hydrogens (tertiary/aromatic N) is 3. The van der Waals surface area contributed by atoms with Crippen molar-refractivity contribution in [1.29, 1.82) is 0 Å². The van der Waals surface area contributed by atoms with E-state index in [1.54, 1.807) is 18.2 Å². The summed E-state index contributed by atoms with van der Waals surface area (Å²) in [6.45, 7) is 4.82. The van der Waals surface area contributed by atoms with Gasteiger partial charge in [-0.25, -0.2) is 0 Å². The summed E-state index contributed by atoms with van der Waals surface area (Å²) < 4.78 is 90.1. The van der Waals surface area contributed by atoms with Gasteiger partial charge in [0, 0.05) is 42.2 Å². The first-order valence-corrected chi connectivity index (χ1v) is 18.1. The number of carboxylic acids is 1. The lowest BCUT2D eigenvalue weighted by molar-refractivity contribution is -0.164. The number of benzene rings is 1. The monoisotopic (exact) mass is 773 g/mol. The van der Waals surface area contributed by atoms with Crippen molar-refractivity contribution in [3.8, 4) is 5.75 Å². The van der Waals surface area contributed by atoms with Crippen LogP contribution in [0.25, 0.3) is 0 Å². The van der Waals surface area contributed by atoms with Gasteiger partial charge >= 0.3 is 18.3 Å². The number of rotatable bonds is 10. The van der Waals surface area contributed by atoms with Gasteiger partial charge in [0.1, 0.15) is 16.3 Å². The lowest BCUT2D eigenvalue weighted by Gasteiger charge is -2.52. The van der Waals surface area contributed by atoms with Crippen molar-refractivity contribution in [2.24, 2.45) is 5.41 Å². The minimum Gasteiger partial charge on any atom is -0.481 e. The average molecular weight is 774 g/mol. The van der Waals surface area contributed by atoms with Crippen molar-refractivity contribution in [2.75, 3.05) is 13.1 Å². The highest BCUT2D eigenvalue weighted by atomic mass is 35.5. The first-order valence-electron chi connectivity index (χ1n) is 16.8. The molecule has 3 aromatic rings. The predicted molar refractivity (Wildman–Crippen MR) is 181 cm³/mol. The Balaban J connectivity index is 1.69. The van der Waals surface area contributed by atoms with Crippen LogP contribution in [0, 0.1) is 5.41 Å². The fourth-order valence-corrected chi connectivity index (χ4v) is 8.03. The Morgan fingerprint density at radius 1 is 1.06 bits per heavy atom. The van der Waals surface area contributed by atoms with Crippen LogP contribution in [-0.4, -0.2) is 62.4 Å². The van der Waals surface area contributed by atoms with E-state index < -0.39 is 69.4 Å². The van der Waals surface area contributed by atoms with Gasteiger partial charge in [-0.15, -0.1) is 11.3 Å². The molecule has 52 heavy (non-hydrogen) atoms. The number of aliphatic carboxylic acids is 1. The second kappa shape index (κ2) is 14.9. The van der Waals surface area contributed by atoms with E-state index in [0.717, 1.165) is 40.2 Å². The number of ether oxygens (including phenoxy) is 1. The highest BCUT2D eigenvalue weighted by Crippen LogP contribution is 2.46. The number of alkyl halides is 6. The molecule has 2 aromatic heterocycles. The summed E-state index contributed by atoms with van der Waals surface area (Å²) in [5, 5.41) is 11.6. The number of fused-ring (bicyclic) bond motifs is 1. The molecule has 5 rings (SSSR count). The molecule has 0 spiro atoms. The molecule has 2 unspecified atom stereocenters. The van der Waals surface area contributed by atoms with E-state index in [1.165, 1.54) is 18.7 Å². The predicted octanol–water partition coefficient (Wildman–Crippen LogP) is 9.07. The molecule has 2 aliphatic rings. The quantitative estimate of drug-likeness (QED) is 0.207. The fourth-order valence-electron chi connectivity index (χ4n) is 7.16. The van der Waals surface area contributed by atoms with E-state index in [1.807, 2.05) is 6.92 Å². The first kappa shape index (κ1) is 39.4. The highest BCUT2D eigenvalue weighted by molar-refractivity contribution is 7.10. The van der Waals surface area contributed by atoms with Gasteiger partial charge < -0.3 is 19.6 Å². The third-order valence-corrected chi connectivity index (χ3v) is 11.0. The van der Waals surface area contributed by atoms with Crippen LogP contribution in [-0.2, 0) is 28.4 Å². The number of pyridine rings is 1. The molecule has 2 aliphatic heterocycles. The van der Waals surface area contributed by atoms with E-state index in [4.69, 9.17) is 16.3 Å². The molecule has 0 radical (unpaired) electrons. The number of carbonyl (C=O) groups excluding carboxylic acids is 2. The topological polar surface area (TPSA) is 100 Å². The van der Waals surface area contributed by atoms with Crippen LogP contribution in [0.5, 0.6) is 5.75 Å². The number of halogens is 7. The number of aromatic nitrogens is 1. The van der Waals surface area contributed by atoms with Gasteiger partial charge in [0.15, 0.2) is 0 Å². The number of likely N-dealkylation sites (tertiary alicyclic amines) is 1. The number of unbranched alkanes of at least 4 members (excludes halogenated alkanes) is 1. The Morgan fingerprint density at radius 2 is 1.79 bits per heavy atom. The van der Waals surface area contributed by atoms with E-state index in [0.29, 0.717) is 41.2 Å². The molecule has 0 aliphatic carbocycles. The van der Waals surface area contributed by atoms with Crippen molar-refractivity contribution in [3.63, 3.8) is 0 Å². The molecule has 1 N–H and O–H groups in total. The number of carbonyl (C=O) groups is 3. The Bertz CT molecular complexity index is 1810. The number of carboxylic acid groups (broad SMARTS) is 1. The van der Waals surface area contributed by atoms with Crippen LogP contribution in [0.2, 0.25) is 5.02 Å². The minimum absolute atomic E-state index is 0.0436. The lowest BCUT2D eigenvalue weighted by atomic mass is 9.76. The molecule has 282 valence electrons. The smallest absolute Gasteiger partial charge is 0.425 e. The molecule has 1 fully saturated rings. The summed E-state index contributed by atoms with van der Waals surface area (Å²) in [7, 11) is 0. The standard InChI is InChI=1S/C36H38ClF6N3O5S/c1-4-5-9-27-34(51-23-18-28(52-20-23)36(41,42)43,13-7-15-46(27)30(47)29-25(35(38,39)40)8-6-14-44-29)31(48)45-16-12-21-17-22(37)10-11-24(21)26(45)19-33(2,3)32(49)50/h6,8,10-11,14,17-18,20,26-27H,4-5,7,9,12-13,15-16,19H2,1-3H3,(H,49,50)/t26?,27?,34-/m0/s1. The van der Waals surface area contributed by atoms with Crippen LogP contribution < -0.4 is 4.74 Å². The zero-order chi connectivity index (χ0) is 38.2. The summed E-state index contributed by atoms with van der Waals surface area (Å²) >= 11 is 6.65. The molecule has 3 atom stereocenters. The summed E-state index contributed by atoms with van der Waals surface area (Å²) in [6, 6.07) is 5.49. The van der Waals surface area contributed by atoms with E-state index >= 15 is 4.79 Å². The zero-order valence-electron chi connectivity index (χ0n) is 28.6. The van der Waals surface area contributed by atoms with Crippen LogP contribution in [0.15, 0.2) is 48.0 Å². The summed E-state index contributed by atoms with van der Waals surface area (Å²) in [4.78, 5) is 47.4. The van der Waals surface area contributed by atoms with Gasteiger partial charge in [0.05, 0.1) is 23.1 Å². The maximum absolute atomic E-state index is 15.4. The maximum Gasteiger partial charge on any atom is 0.425 e. The van der Waals surface area contributed by atoms with Crippen LogP contribution in [0.3, 0.4) is 0 Å². The molecule has 0 bridgehead atoms. The molecule has 4 heterocycles. The van der Waals surface area contributed by atoms with Crippen molar-refractivity contribution in [1.82, 2.24) is 14.8 Å². The van der Waals surface area contributed by atoms with E-state index in [-0.39, 0.29) is 44.5 Å². The maximum atomic E-state index is 15.4. The normalized spacial score (nSPS) is 21.1. The Kier molecular flexibility index (Phi) is 11.3. The molecule has 2 amide bonds. The van der Waals surface area contributed by atoms with Gasteiger partial charge in [0.2, 0.25) is 5.60 Å². The van der Waals surface area contributed by atoms with Crippen LogP contribution in [0.1, 0.15) is 97.4 Å². The number of amides is 2. The van der Waals surface area contributed by atoms with Gasteiger partial charge in [0.25, 0.3) is 11.8 Å². The molecule has 1 saturated heterocycles. The Hall–Kier alpha value is -3.85. The highest BCUT2D eigenvalue weighted by Gasteiger charge is 2.57. The molecular formula is C36H38ClF6N3O5S. The number of hydrogen-bond acceptors (Lipinski definition) is 6. The lowest BCUT2D eigenvalue weighted by Crippen LogP contribution is -2.68. The number of hydrogen-bond donors (Lipinski definition) is 1. The third-order valence-electron chi connectivity index (χ3n) is 9.79. The third kappa shape index (κ3) is 7.90. The van der Waals surface area contributed by atoms with Crippen molar-refractivity contribution >= 4 is 40.7 Å². The molecule has 16 heteroatoms. The van der Waals surface area contributed by atoms with Crippen molar-refractivity contribution < 1.29 is 50.6 Å². The average Bonchev–Trinajstić information content (AvgIpc) is 3.55. The minimum atomic E-state index is -4.93. The number of thiophene rings is 1. The molecular weight excluding hydrogens is 736 g/mol. The summed E-state index contributed by atoms with van der Waals surface area (Å²) in [5.41, 5.74) is -4.17. The number of piperidine rings is 1. The molecule has 8 nitrogen and oxygen atoms in total. The Labute approximate surface area is 305 Å². The second-order valence-corrected chi connectivity index (χ2v) is 15.1. The summed E-state index contributed by atoms with van der Waals surface area (Å²) in [5.74, 6) is -3.23.